The average molecular weight is 224 g/mol. The largest absolute Gasteiger partial charge is 0.339 e. The van der Waals surface area contributed by atoms with Gasteiger partial charge in [0.15, 0.2) is 5.65 Å². The van der Waals surface area contributed by atoms with Gasteiger partial charge in [-0.2, -0.15) is 0 Å². The number of aromatic nitrogens is 4. The molecule has 0 bridgehead atoms. The van der Waals surface area contributed by atoms with Gasteiger partial charge in [0.1, 0.15) is 5.52 Å². The van der Waals surface area contributed by atoms with Gasteiger partial charge in [-0.3, -0.25) is 13.9 Å². The molecule has 0 aliphatic carbocycles. The summed E-state index contributed by atoms with van der Waals surface area (Å²) in [5, 5.41) is 0. The molecule has 0 amide bonds. The molecule has 0 radical (unpaired) electrons. The van der Waals surface area contributed by atoms with Crippen LogP contribution in [0.1, 0.15) is 20.3 Å². The van der Waals surface area contributed by atoms with Crippen molar-refractivity contribution in [1.82, 2.24) is 19.1 Å². The molecular formula is C10H16N4O2. The number of hydrogen-bond acceptors (Lipinski definition) is 3. The molecule has 0 saturated carbocycles. The van der Waals surface area contributed by atoms with Crippen LogP contribution in [0.5, 0.6) is 0 Å². The van der Waals surface area contributed by atoms with Crippen molar-refractivity contribution in [3.8, 4) is 0 Å². The molecule has 2 aromatic heterocycles. The quantitative estimate of drug-likeness (QED) is 0.703. The van der Waals surface area contributed by atoms with E-state index in [0.717, 1.165) is 4.57 Å². The molecule has 1 N–H and O–H groups in total. The van der Waals surface area contributed by atoms with Crippen LogP contribution < -0.4 is 11.2 Å². The standard InChI is InChI=1S/C7H8N4O2.C3H8/c1-10-5-4(8-3-9-5)6(12)11(2)7(10)13;1-3-2/h3H,1-2H3,(H,8,9);3H2,1-2H3. The Bertz CT molecular complexity index is 591. The number of H-pyrrole nitrogens is 1. The lowest BCUT2D eigenvalue weighted by molar-refractivity contribution is 0.709. The van der Waals surface area contributed by atoms with Gasteiger partial charge in [-0.15, -0.1) is 0 Å². The van der Waals surface area contributed by atoms with Gasteiger partial charge in [-0.05, 0) is 0 Å². The fourth-order valence-corrected chi connectivity index (χ4v) is 1.27. The number of rotatable bonds is 0. The molecule has 2 heterocycles. The Hall–Kier alpha value is -1.85. The number of aromatic amines is 1. The lowest BCUT2D eigenvalue weighted by atomic mass is 10.5. The minimum atomic E-state index is -0.371. The number of fused-ring (bicyclic) bond motifs is 1. The Morgan fingerprint density at radius 3 is 2.38 bits per heavy atom. The number of imidazole rings is 1. The van der Waals surface area contributed by atoms with Crippen molar-refractivity contribution >= 4 is 11.2 Å². The van der Waals surface area contributed by atoms with Gasteiger partial charge in [0.2, 0.25) is 0 Å². The fourth-order valence-electron chi connectivity index (χ4n) is 1.27. The smallest absolute Gasteiger partial charge is 0.332 e. The second-order valence-corrected chi connectivity index (χ2v) is 3.51. The van der Waals surface area contributed by atoms with E-state index in [1.807, 2.05) is 0 Å². The summed E-state index contributed by atoms with van der Waals surface area (Å²) in [5.74, 6) is 0. The molecular weight excluding hydrogens is 208 g/mol. The summed E-state index contributed by atoms with van der Waals surface area (Å²) >= 11 is 0. The van der Waals surface area contributed by atoms with Crippen LogP contribution in [-0.4, -0.2) is 19.1 Å². The molecule has 0 fully saturated rings. The van der Waals surface area contributed by atoms with Crippen molar-refractivity contribution in [3.63, 3.8) is 0 Å². The molecule has 16 heavy (non-hydrogen) atoms. The van der Waals surface area contributed by atoms with E-state index in [1.165, 1.54) is 24.4 Å². The van der Waals surface area contributed by atoms with Gasteiger partial charge in [0.25, 0.3) is 5.56 Å². The molecule has 88 valence electrons. The number of hydrogen-bond donors (Lipinski definition) is 1. The molecule has 0 aliphatic rings. The van der Waals surface area contributed by atoms with E-state index in [9.17, 15) is 9.59 Å². The first-order chi connectivity index (χ1) is 7.54. The molecule has 6 nitrogen and oxygen atoms in total. The number of nitrogens with one attached hydrogen (secondary N) is 1. The lowest BCUT2D eigenvalue weighted by Gasteiger charge is -2.00. The molecule has 0 atom stereocenters. The van der Waals surface area contributed by atoms with Crippen LogP contribution in [-0.2, 0) is 14.1 Å². The van der Waals surface area contributed by atoms with Gasteiger partial charge in [0, 0.05) is 14.1 Å². The Balaban J connectivity index is 0.000000386. The SMILES string of the molecule is CCC.Cn1c(=O)c2[nH]cnc2n(C)c1=O. The van der Waals surface area contributed by atoms with Gasteiger partial charge in [-0.25, -0.2) is 9.78 Å². The van der Waals surface area contributed by atoms with E-state index in [-0.39, 0.29) is 11.2 Å². The summed E-state index contributed by atoms with van der Waals surface area (Å²) in [6.07, 6.45) is 2.64. The third-order valence-electron chi connectivity index (χ3n) is 2.03. The monoisotopic (exact) mass is 224 g/mol. The Morgan fingerprint density at radius 2 is 1.81 bits per heavy atom. The summed E-state index contributed by atoms with van der Waals surface area (Å²) in [6.45, 7) is 4.25. The van der Waals surface area contributed by atoms with Gasteiger partial charge >= 0.3 is 5.69 Å². The van der Waals surface area contributed by atoms with Gasteiger partial charge in [-0.1, -0.05) is 20.3 Å². The third kappa shape index (κ3) is 1.91. The van der Waals surface area contributed by atoms with Crippen LogP contribution in [0.25, 0.3) is 11.2 Å². The third-order valence-corrected chi connectivity index (χ3v) is 2.03. The van der Waals surface area contributed by atoms with Crippen LogP contribution in [0.2, 0.25) is 0 Å². The maximum absolute atomic E-state index is 11.4. The number of nitrogens with zero attached hydrogens (tertiary/aromatic N) is 3. The second kappa shape index (κ2) is 4.78. The highest BCUT2D eigenvalue weighted by Gasteiger charge is 2.08. The van der Waals surface area contributed by atoms with Crippen molar-refractivity contribution in [2.75, 3.05) is 0 Å². The van der Waals surface area contributed by atoms with Crippen molar-refractivity contribution in [2.24, 2.45) is 14.1 Å². The van der Waals surface area contributed by atoms with E-state index in [2.05, 4.69) is 23.8 Å². The van der Waals surface area contributed by atoms with Gasteiger partial charge < -0.3 is 4.98 Å². The molecule has 2 aromatic rings. The van der Waals surface area contributed by atoms with Crippen LogP contribution in [0, 0.1) is 0 Å². The molecule has 0 saturated heterocycles. The number of aryl methyl sites for hydroxylation is 1. The predicted molar refractivity (Wildman–Crippen MR) is 62.5 cm³/mol. The summed E-state index contributed by atoms with van der Waals surface area (Å²) in [5.41, 5.74) is 0.0119. The Morgan fingerprint density at radius 1 is 1.25 bits per heavy atom. The van der Waals surface area contributed by atoms with E-state index in [0.29, 0.717) is 11.2 Å². The molecule has 0 aliphatic heterocycles. The second-order valence-electron chi connectivity index (χ2n) is 3.51. The normalized spacial score (nSPS) is 10.0. The average Bonchev–Trinajstić information content (AvgIpc) is 2.73. The van der Waals surface area contributed by atoms with Crippen molar-refractivity contribution < 1.29 is 0 Å². The van der Waals surface area contributed by atoms with E-state index in [4.69, 9.17) is 0 Å². The van der Waals surface area contributed by atoms with Crippen molar-refractivity contribution in [3.05, 3.63) is 27.2 Å². The minimum Gasteiger partial charge on any atom is -0.339 e. The molecule has 0 unspecified atom stereocenters. The first kappa shape index (κ1) is 12.2. The Kier molecular flexibility index (Phi) is 3.65. The maximum atomic E-state index is 11.4. The summed E-state index contributed by atoms with van der Waals surface area (Å²) in [6, 6.07) is 0. The zero-order valence-corrected chi connectivity index (χ0v) is 9.94. The topological polar surface area (TPSA) is 72.7 Å². The van der Waals surface area contributed by atoms with Crippen molar-refractivity contribution in [1.29, 1.82) is 0 Å². The van der Waals surface area contributed by atoms with Gasteiger partial charge in [0.05, 0.1) is 6.33 Å². The zero-order valence-electron chi connectivity index (χ0n) is 9.94. The highest BCUT2D eigenvalue weighted by atomic mass is 16.2. The zero-order chi connectivity index (χ0) is 12.3. The minimum absolute atomic E-state index is 0.351. The summed E-state index contributed by atoms with van der Waals surface area (Å²) in [4.78, 5) is 29.4. The van der Waals surface area contributed by atoms with Crippen LogP contribution >= 0.6 is 0 Å². The first-order valence-electron chi connectivity index (χ1n) is 5.13. The first-order valence-corrected chi connectivity index (χ1v) is 5.13. The fraction of sp³-hybridized carbons (Fsp3) is 0.500. The molecule has 0 spiro atoms. The van der Waals surface area contributed by atoms with Crippen LogP contribution in [0.3, 0.4) is 0 Å². The molecule has 6 heteroatoms. The van der Waals surface area contributed by atoms with Crippen LogP contribution in [0.4, 0.5) is 0 Å². The van der Waals surface area contributed by atoms with Crippen molar-refractivity contribution in [2.45, 2.75) is 20.3 Å². The Labute approximate surface area is 92.6 Å². The molecule has 2 rings (SSSR count). The molecule has 0 aromatic carbocycles. The van der Waals surface area contributed by atoms with E-state index >= 15 is 0 Å². The summed E-state index contributed by atoms with van der Waals surface area (Å²) in [7, 11) is 3.01. The van der Waals surface area contributed by atoms with E-state index < -0.39 is 0 Å². The highest BCUT2D eigenvalue weighted by Crippen LogP contribution is 1.97. The van der Waals surface area contributed by atoms with Crippen LogP contribution in [0.15, 0.2) is 15.9 Å². The highest BCUT2D eigenvalue weighted by molar-refractivity contribution is 5.68. The maximum Gasteiger partial charge on any atom is 0.332 e. The lowest BCUT2D eigenvalue weighted by Crippen LogP contribution is -2.36. The summed E-state index contributed by atoms with van der Waals surface area (Å²) < 4.78 is 2.37. The predicted octanol–water partition coefficient (Wildman–Crippen LogP) is 0.377. The van der Waals surface area contributed by atoms with E-state index in [1.54, 1.807) is 7.05 Å².